The molecule has 0 spiro atoms. The molecule has 0 aliphatic rings. The molecule has 0 fully saturated rings. The number of aromatic nitrogens is 2. The zero-order valence-corrected chi connectivity index (χ0v) is 16.2. The number of nitrogens with zero attached hydrogens (tertiary/aromatic N) is 2. The third-order valence-corrected chi connectivity index (χ3v) is 4.46. The van der Waals surface area contributed by atoms with Crippen molar-refractivity contribution in [2.75, 3.05) is 13.7 Å². The average Bonchev–Trinajstić information content (AvgIpc) is 3.08. The van der Waals surface area contributed by atoms with Gasteiger partial charge in [-0.3, -0.25) is 4.79 Å². The molecule has 0 saturated carbocycles. The van der Waals surface area contributed by atoms with Crippen molar-refractivity contribution in [1.29, 1.82) is 0 Å². The zero-order valence-electron chi connectivity index (χ0n) is 16.2. The fraction of sp³-hybridized carbons (Fsp3) is 0.273. The second kappa shape index (κ2) is 8.18. The Bertz CT molecular complexity index is 929. The molecule has 0 aliphatic heterocycles. The Labute approximate surface area is 160 Å². The van der Waals surface area contributed by atoms with E-state index in [0.717, 1.165) is 22.6 Å². The van der Waals surface area contributed by atoms with Crippen molar-refractivity contribution in [2.45, 2.75) is 26.8 Å². The van der Waals surface area contributed by atoms with Gasteiger partial charge in [0.2, 0.25) is 0 Å². The van der Waals surface area contributed by atoms with Crippen molar-refractivity contribution in [3.8, 4) is 16.8 Å². The summed E-state index contributed by atoms with van der Waals surface area (Å²) >= 11 is 0. The third kappa shape index (κ3) is 4.44. The van der Waals surface area contributed by atoms with E-state index in [1.54, 1.807) is 13.3 Å². The molecular formula is C22H25N3O2. The Kier molecular flexibility index (Phi) is 5.72. The normalized spacial score (nSPS) is 12.0. The number of amides is 1. The van der Waals surface area contributed by atoms with Crippen LogP contribution in [0.3, 0.4) is 0 Å². The van der Waals surface area contributed by atoms with Crippen molar-refractivity contribution >= 4 is 5.91 Å². The molecule has 2 aromatic carbocycles. The molecule has 27 heavy (non-hydrogen) atoms. The number of carbonyl (C=O) groups is 1. The fourth-order valence-electron chi connectivity index (χ4n) is 3.04. The Balaban J connectivity index is 2.04. The molecule has 0 aliphatic carbocycles. The van der Waals surface area contributed by atoms with Crippen molar-refractivity contribution in [2.24, 2.45) is 0 Å². The van der Waals surface area contributed by atoms with Gasteiger partial charge in [-0.2, -0.15) is 0 Å². The maximum atomic E-state index is 12.8. The second-order valence-corrected chi connectivity index (χ2v) is 6.81. The van der Waals surface area contributed by atoms with Crippen LogP contribution in [0.15, 0.2) is 54.9 Å². The predicted molar refractivity (Wildman–Crippen MR) is 107 cm³/mol. The van der Waals surface area contributed by atoms with Gasteiger partial charge in [-0.05, 0) is 50.1 Å². The van der Waals surface area contributed by atoms with E-state index in [0.29, 0.717) is 12.2 Å². The van der Waals surface area contributed by atoms with Gasteiger partial charge in [0.1, 0.15) is 5.82 Å². The monoisotopic (exact) mass is 363 g/mol. The van der Waals surface area contributed by atoms with Gasteiger partial charge in [0.05, 0.1) is 6.61 Å². The largest absolute Gasteiger partial charge is 0.383 e. The van der Waals surface area contributed by atoms with Gasteiger partial charge < -0.3 is 14.6 Å². The number of methoxy groups -OCH3 is 1. The Hall–Kier alpha value is -2.92. The second-order valence-electron chi connectivity index (χ2n) is 6.81. The molecule has 1 aromatic heterocycles. The number of ether oxygens (including phenoxy) is 1. The first-order valence-corrected chi connectivity index (χ1v) is 9.00. The van der Waals surface area contributed by atoms with Crippen LogP contribution < -0.4 is 5.32 Å². The summed E-state index contributed by atoms with van der Waals surface area (Å²) in [6, 6.07) is 14.1. The zero-order chi connectivity index (χ0) is 19.4. The molecule has 1 heterocycles. The summed E-state index contributed by atoms with van der Waals surface area (Å²) in [6.07, 6.45) is 3.66. The molecule has 0 bridgehead atoms. The van der Waals surface area contributed by atoms with Crippen LogP contribution >= 0.6 is 0 Å². The lowest BCUT2D eigenvalue weighted by atomic mass is 10.0. The van der Waals surface area contributed by atoms with Crippen LogP contribution in [-0.4, -0.2) is 35.2 Å². The lowest BCUT2D eigenvalue weighted by Crippen LogP contribution is -2.35. The molecule has 0 radical (unpaired) electrons. The minimum Gasteiger partial charge on any atom is -0.383 e. The molecule has 5 heteroatoms. The highest BCUT2D eigenvalue weighted by Crippen LogP contribution is 2.25. The van der Waals surface area contributed by atoms with Crippen LogP contribution in [0.25, 0.3) is 16.8 Å². The van der Waals surface area contributed by atoms with Gasteiger partial charge in [0, 0.05) is 36.8 Å². The SMILES string of the molecule is COCC(C)NC(=O)c1cc(-c2ccc(C)cc2)cc(-n2ccnc2C)c1. The highest BCUT2D eigenvalue weighted by molar-refractivity contribution is 5.96. The highest BCUT2D eigenvalue weighted by Gasteiger charge is 2.14. The van der Waals surface area contributed by atoms with Gasteiger partial charge in [0.25, 0.3) is 5.91 Å². The molecular weight excluding hydrogens is 338 g/mol. The van der Waals surface area contributed by atoms with E-state index >= 15 is 0 Å². The molecule has 140 valence electrons. The van der Waals surface area contributed by atoms with Crippen molar-refractivity contribution in [3.63, 3.8) is 0 Å². The van der Waals surface area contributed by atoms with Crippen LogP contribution in [-0.2, 0) is 4.74 Å². The van der Waals surface area contributed by atoms with E-state index in [4.69, 9.17) is 4.74 Å². The summed E-state index contributed by atoms with van der Waals surface area (Å²) in [5.41, 5.74) is 4.78. The van der Waals surface area contributed by atoms with Crippen LogP contribution in [0.1, 0.15) is 28.7 Å². The Morgan fingerprint density at radius 2 is 1.89 bits per heavy atom. The lowest BCUT2D eigenvalue weighted by molar-refractivity contribution is 0.0905. The number of carbonyl (C=O) groups excluding carboxylic acids is 1. The highest BCUT2D eigenvalue weighted by atomic mass is 16.5. The molecule has 1 N–H and O–H groups in total. The van der Waals surface area contributed by atoms with Crippen molar-refractivity contribution in [1.82, 2.24) is 14.9 Å². The van der Waals surface area contributed by atoms with E-state index in [2.05, 4.69) is 47.6 Å². The van der Waals surface area contributed by atoms with Crippen molar-refractivity contribution in [3.05, 3.63) is 71.8 Å². The van der Waals surface area contributed by atoms with Gasteiger partial charge >= 0.3 is 0 Å². The van der Waals surface area contributed by atoms with Crippen LogP contribution in [0.5, 0.6) is 0 Å². The van der Waals surface area contributed by atoms with E-state index in [1.807, 2.05) is 36.7 Å². The minimum atomic E-state index is -0.118. The number of aryl methyl sites for hydroxylation is 2. The van der Waals surface area contributed by atoms with Crippen LogP contribution in [0.4, 0.5) is 0 Å². The van der Waals surface area contributed by atoms with Crippen LogP contribution in [0.2, 0.25) is 0 Å². The first-order valence-electron chi connectivity index (χ1n) is 9.00. The molecule has 3 aromatic rings. The summed E-state index contributed by atoms with van der Waals surface area (Å²) in [5, 5.41) is 2.98. The quantitative estimate of drug-likeness (QED) is 0.722. The molecule has 1 atom stereocenters. The van der Waals surface area contributed by atoms with E-state index in [-0.39, 0.29) is 11.9 Å². The van der Waals surface area contributed by atoms with E-state index < -0.39 is 0 Å². The predicted octanol–water partition coefficient (Wildman–Crippen LogP) is 3.92. The minimum absolute atomic E-state index is 0.0658. The number of rotatable bonds is 6. The van der Waals surface area contributed by atoms with Gasteiger partial charge in [-0.25, -0.2) is 4.98 Å². The van der Waals surface area contributed by atoms with Crippen LogP contribution in [0, 0.1) is 13.8 Å². The Morgan fingerprint density at radius 3 is 2.52 bits per heavy atom. The first kappa shape index (κ1) is 18.9. The van der Waals surface area contributed by atoms with E-state index in [1.165, 1.54) is 5.56 Å². The number of nitrogens with one attached hydrogen (secondary N) is 1. The lowest BCUT2D eigenvalue weighted by Gasteiger charge is -2.15. The summed E-state index contributed by atoms with van der Waals surface area (Å²) in [5.74, 6) is 0.752. The summed E-state index contributed by atoms with van der Waals surface area (Å²) in [4.78, 5) is 17.1. The van der Waals surface area contributed by atoms with Gasteiger partial charge in [-0.15, -0.1) is 0 Å². The smallest absolute Gasteiger partial charge is 0.251 e. The third-order valence-electron chi connectivity index (χ3n) is 4.46. The summed E-state index contributed by atoms with van der Waals surface area (Å²) in [7, 11) is 1.63. The van der Waals surface area contributed by atoms with E-state index in [9.17, 15) is 4.79 Å². The molecule has 1 unspecified atom stereocenters. The standard InChI is InChI=1S/C22H25N3O2/c1-15-5-7-18(8-6-15)19-11-20(22(26)24-16(2)14-27-4)13-21(12-19)25-10-9-23-17(25)3/h5-13,16H,14H2,1-4H3,(H,24,26). The average molecular weight is 363 g/mol. The summed E-state index contributed by atoms with van der Waals surface area (Å²) < 4.78 is 7.10. The maximum Gasteiger partial charge on any atom is 0.251 e. The fourth-order valence-corrected chi connectivity index (χ4v) is 3.04. The first-order chi connectivity index (χ1) is 13.0. The number of imidazole rings is 1. The van der Waals surface area contributed by atoms with Gasteiger partial charge in [-0.1, -0.05) is 29.8 Å². The molecule has 1 amide bonds. The number of hydrogen-bond acceptors (Lipinski definition) is 3. The molecule has 5 nitrogen and oxygen atoms in total. The van der Waals surface area contributed by atoms with Gasteiger partial charge in [0.15, 0.2) is 0 Å². The number of benzene rings is 2. The Morgan fingerprint density at radius 1 is 1.15 bits per heavy atom. The summed E-state index contributed by atoms with van der Waals surface area (Å²) in [6.45, 7) is 6.40. The van der Waals surface area contributed by atoms with Crippen molar-refractivity contribution < 1.29 is 9.53 Å². The molecule has 0 saturated heterocycles. The molecule has 3 rings (SSSR count). The topological polar surface area (TPSA) is 56.1 Å². The number of hydrogen-bond donors (Lipinski definition) is 1. The maximum absolute atomic E-state index is 12.8.